The van der Waals surface area contributed by atoms with E-state index in [1.54, 1.807) is 6.07 Å². The summed E-state index contributed by atoms with van der Waals surface area (Å²) in [7, 11) is 0. The predicted octanol–water partition coefficient (Wildman–Crippen LogP) is 2.65. The molecule has 9 heteroatoms. The molecule has 2 saturated heterocycles. The number of aliphatic hydroxyl groups is 1. The minimum absolute atomic E-state index is 0.0670. The fourth-order valence-electron chi connectivity index (χ4n) is 5.32. The van der Waals surface area contributed by atoms with Gasteiger partial charge in [0.25, 0.3) is 0 Å². The zero-order chi connectivity index (χ0) is 27.4. The highest BCUT2D eigenvalue weighted by molar-refractivity contribution is 5.91. The van der Waals surface area contributed by atoms with Crippen molar-refractivity contribution in [2.75, 3.05) is 24.5 Å². The van der Waals surface area contributed by atoms with Crippen LogP contribution in [0.15, 0.2) is 34.9 Å². The average molecular weight is 521 g/mol. The van der Waals surface area contributed by atoms with Crippen molar-refractivity contribution in [3.05, 3.63) is 47.2 Å². The number of aromatic nitrogens is 1. The van der Waals surface area contributed by atoms with E-state index in [0.29, 0.717) is 24.7 Å². The van der Waals surface area contributed by atoms with Gasteiger partial charge in [-0.25, -0.2) is 0 Å². The Balaban J connectivity index is 1.47. The molecule has 1 aromatic carbocycles. The summed E-state index contributed by atoms with van der Waals surface area (Å²) in [5.74, 6) is 2.34. The molecule has 2 aliphatic heterocycles. The highest BCUT2D eigenvalue weighted by Gasteiger charge is 2.43. The first kappa shape index (κ1) is 27.4. The zero-order valence-corrected chi connectivity index (χ0v) is 22.2. The molecule has 0 bridgehead atoms. The second-order valence-corrected chi connectivity index (χ2v) is 10.7. The molecule has 2 unspecified atom stereocenters. The lowest BCUT2D eigenvalue weighted by atomic mass is 9.91. The van der Waals surface area contributed by atoms with Crippen LogP contribution in [-0.4, -0.2) is 65.0 Å². The smallest absolute Gasteiger partial charge is 0.243 e. The summed E-state index contributed by atoms with van der Waals surface area (Å²) in [6, 6.07) is 8.05. The van der Waals surface area contributed by atoms with E-state index < -0.39 is 18.1 Å². The van der Waals surface area contributed by atoms with Crippen LogP contribution in [0.3, 0.4) is 0 Å². The number of likely N-dealkylation sites (tertiary alicyclic amines) is 1. The molecule has 0 aliphatic carbocycles. The van der Waals surface area contributed by atoms with Crippen LogP contribution in [0.25, 0.3) is 0 Å². The standard InChI is InChI=1S/C29H36N4O5/c1-5-20-6-8-22(9-7-20)19(4)30-28(36)24-14-23(35)16-33(24)29(37)27(18(2)3)25-15-26(31-38-25)32-12-10-21(17-34)11-13-32/h1,6-9,15,17-19,21,23-24,27,35H,10-14,16H2,2-4H3,(H,30,36)/t19?,23-,24+,27?/m1/s1. The van der Waals surface area contributed by atoms with Gasteiger partial charge in [0.05, 0.1) is 12.1 Å². The van der Waals surface area contributed by atoms with Gasteiger partial charge in [-0.05, 0) is 43.4 Å². The van der Waals surface area contributed by atoms with Gasteiger partial charge in [0.1, 0.15) is 18.2 Å². The summed E-state index contributed by atoms with van der Waals surface area (Å²) in [6.45, 7) is 7.17. The Bertz CT molecular complexity index is 1180. The van der Waals surface area contributed by atoms with E-state index in [4.69, 9.17) is 10.9 Å². The maximum Gasteiger partial charge on any atom is 0.243 e. The second-order valence-electron chi connectivity index (χ2n) is 10.7. The first-order valence-electron chi connectivity index (χ1n) is 13.2. The predicted molar refractivity (Wildman–Crippen MR) is 142 cm³/mol. The van der Waals surface area contributed by atoms with Gasteiger partial charge in [0.15, 0.2) is 11.6 Å². The fourth-order valence-corrected chi connectivity index (χ4v) is 5.32. The van der Waals surface area contributed by atoms with E-state index in [1.807, 2.05) is 45.0 Å². The number of carbonyl (C=O) groups excluding carboxylic acids is 3. The summed E-state index contributed by atoms with van der Waals surface area (Å²) < 4.78 is 5.65. The number of amides is 2. The van der Waals surface area contributed by atoms with Gasteiger partial charge < -0.3 is 29.5 Å². The summed E-state index contributed by atoms with van der Waals surface area (Å²) in [4.78, 5) is 41.7. The number of nitrogens with one attached hydrogen (secondary N) is 1. The van der Waals surface area contributed by atoms with E-state index in [-0.39, 0.29) is 42.7 Å². The van der Waals surface area contributed by atoms with Crippen LogP contribution in [0.4, 0.5) is 5.82 Å². The molecule has 3 heterocycles. The van der Waals surface area contributed by atoms with Gasteiger partial charge in [0, 0.05) is 43.6 Å². The number of nitrogens with zero attached hydrogens (tertiary/aromatic N) is 3. The third-order valence-electron chi connectivity index (χ3n) is 7.61. The Kier molecular flexibility index (Phi) is 8.52. The lowest BCUT2D eigenvalue weighted by Gasteiger charge is -2.30. The lowest BCUT2D eigenvalue weighted by molar-refractivity contribution is -0.141. The maximum absolute atomic E-state index is 13.8. The van der Waals surface area contributed by atoms with Gasteiger partial charge in [-0.3, -0.25) is 9.59 Å². The summed E-state index contributed by atoms with van der Waals surface area (Å²) >= 11 is 0. The van der Waals surface area contributed by atoms with Gasteiger partial charge in [-0.15, -0.1) is 6.42 Å². The van der Waals surface area contributed by atoms with Crippen molar-refractivity contribution in [1.29, 1.82) is 0 Å². The normalized spacial score (nSPS) is 21.7. The first-order chi connectivity index (χ1) is 18.2. The van der Waals surface area contributed by atoms with Crippen molar-refractivity contribution >= 4 is 23.9 Å². The number of β-amino-alcohol motifs (C(OH)–C–C–N with tert-alkyl or cyclic N) is 1. The molecular weight excluding hydrogens is 484 g/mol. The fraction of sp³-hybridized carbons (Fsp3) is 0.517. The number of carbonyl (C=O) groups is 3. The molecular formula is C29H36N4O5. The molecule has 0 spiro atoms. The van der Waals surface area contributed by atoms with Crippen LogP contribution in [0.1, 0.15) is 68.9 Å². The van der Waals surface area contributed by atoms with Crippen LogP contribution in [0, 0.1) is 24.2 Å². The van der Waals surface area contributed by atoms with Crippen LogP contribution >= 0.6 is 0 Å². The zero-order valence-electron chi connectivity index (χ0n) is 22.2. The topological polar surface area (TPSA) is 116 Å². The molecule has 2 aliphatic rings. The Hall–Kier alpha value is -3.64. The average Bonchev–Trinajstić information content (AvgIpc) is 3.55. The Morgan fingerprint density at radius 1 is 1.21 bits per heavy atom. The molecule has 9 nitrogen and oxygen atoms in total. The van der Waals surface area contributed by atoms with Crippen molar-refractivity contribution in [2.45, 2.75) is 64.1 Å². The van der Waals surface area contributed by atoms with Gasteiger partial charge >= 0.3 is 0 Å². The summed E-state index contributed by atoms with van der Waals surface area (Å²) in [5.41, 5.74) is 1.64. The highest BCUT2D eigenvalue weighted by Crippen LogP contribution is 2.33. The SMILES string of the molecule is C#Cc1ccc(C(C)NC(=O)[C@@H]2C[C@@H](O)CN2C(=O)C(c2cc(N3CCC(C=O)CC3)no2)C(C)C)cc1. The number of terminal acetylenes is 1. The van der Waals surface area contributed by atoms with Crippen LogP contribution in [0.2, 0.25) is 0 Å². The molecule has 202 valence electrons. The quantitative estimate of drug-likeness (QED) is 0.406. The van der Waals surface area contributed by atoms with Gasteiger partial charge in [-0.1, -0.05) is 37.1 Å². The van der Waals surface area contributed by atoms with E-state index in [1.165, 1.54) is 4.90 Å². The monoisotopic (exact) mass is 520 g/mol. The molecule has 4 atom stereocenters. The maximum atomic E-state index is 13.8. The van der Waals surface area contributed by atoms with Crippen molar-refractivity contribution in [3.8, 4) is 12.3 Å². The van der Waals surface area contributed by atoms with E-state index in [2.05, 4.69) is 21.3 Å². The molecule has 1 aromatic heterocycles. The molecule has 0 saturated carbocycles. The Morgan fingerprint density at radius 3 is 2.50 bits per heavy atom. The third kappa shape index (κ3) is 5.91. The van der Waals surface area contributed by atoms with E-state index in [0.717, 1.165) is 30.3 Å². The number of aliphatic hydroxyl groups excluding tert-OH is 1. The third-order valence-corrected chi connectivity index (χ3v) is 7.61. The molecule has 2 amide bonds. The largest absolute Gasteiger partial charge is 0.391 e. The van der Waals surface area contributed by atoms with Crippen molar-refractivity contribution in [1.82, 2.24) is 15.4 Å². The second kappa shape index (κ2) is 11.8. The number of aldehydes is 1. The van der Waals surface area contributed by atoms with E-state index in [9.17, 15) is 19.5 Å². The lowest BCUT2D eigenvalue weighted by Crippen LogP contribution is -2.48. The van der Waals surface area contributed by atoms with Crippen molar-refractivity contribution < 1.29 is 24.0 Å². The molecule has 2 N–H and O–H groups in total. The molecule has 4 rings (SSSR count). The summed E-state index contributed by atoms with van der Waals surface area (Å²) in [5, 5.41) is 17.6. The van der Waals surface area contributed by atoms with Crippen molar-refractivity contribution in [2.24, 2.45) is 11.8 Å². The van der Waals surface area contributed by atoms with E-state index >= 15 is 0 Å². The number of benzene rings is 1. The number of hydrogen-bond donors (Lipinski definition) is 2. The number of anilines is 1. The number of rotatable bonds is 8. The Labute approximate surface area is 223 Å². The first-order valence-corrected chi connectivity index (χ1v) is 13.2. The minimum atomic E-state index is -0.795. The van der Waals surface area contributed by atoms with Crippen LogP contribution in [-0.2, 0) is 14.4 Å². The number of hydrogen-bond acceptors (Lipinski definition) is 7. The Morgan fingerprint density at radius 2 is 1.89 bits per heavy atom. The van der Waals surface area contributed by atoms with Gasteiger partial charge in [0.2, 0.25) is 11.8 Å². The molecule has 2 aromatic rings. The molecule has 0 radical (unpaired) electrons. The highest BCUT2D eigenvalue weighted by atomic mass is 16.5. The van der Waals surface area contributed by atoms with Crippen LogP contribution < -0.4 is 10.2 Å². The molecule has 38 heavy (non-hydrogen) atoms. The van der Waals surface area contributed by atoms with Crippen LogP contribution in [0.5, 0.6) is 0 Å². The molecule has 2 fully saturated rings. The van der Waals surface area contributed by atoms with Crippen molar-refractivity contribution in [3.63, 3.8) is 0 Å². The summed E-state index contributed by atoms with van der Waals surface area (Å²) in [6.07, 6.45) is 7.32. The number of piperidine rings is 1. The minimum Gasteiger partial charge on any atom is -0.391 e. The van der Waals surface area contributed by atoms with Gasteiger partial charge in [-0.2, -0.15) is 0 Å².